The normalized spacial score (nSPS) is 17.0. The lowest BCUT2D eigenvalue weighted by atomic mass is 10.1. The highest BCUT2D eigenvalue weighted by Gasteiger charge is 2.54. The van der Waals surface area contributed by atoms with Crippen molar-refractivity contribution in [3.63, 3.8) is 0 Å². The van der Waals surface area contributed by atoms with Crippen LogP contribution in [0.4, 0.5) is 0 Å². The van der Waals surface area contributed by atoms with Crippen LogP contribution >= 0.6 is 0 Å². The number of hydrogen-bond donors (Lipinski definition) is 3. The summed E-state index contributed by atoms with van der Waals surface area (Å²) in [5.41, 5.74) is 2.01. The van der Waals surface area contributed by atoms with E-state index in [-0.39, 0.29) is 32.9 Å². The van der Waals surface area contributed by atoms with Crippen molar-refractivity contribution in [3.05, 3.63) is 59.7 Å². The second kappa shape index (κ2) is 14.9. The van der Waals surface area contributed by atoms with Crippen molar-refractivity contribution in [1.82, 2.24) is 0 Å². The Hall–Kier alpha value is -1.82. The summed E-state index contributed by atoms with van der Waals surface area (Å²) >= 11 is 0. The van der Waals surface area contributed by atoms with Crippen LogP contribution < -0.4 is 10.4 Å². The van der Waals surface area contributed by atoms with Crippen LogP contribution in [0, 0.1) is 0 Å². The summed E-state index contributed by atoms with van der Waals surface area (Å²) in [5.74, 6) is -0.836. The minimum atomic E-state index is -2.74. The lowest BCUT2D eigenvalue weighted by Crippen LogP contribution is -2.61. The monoisotopic (exact) mass is 658 g/mol. The first-order chi connectivity index (χ1) is 20.4. The Morgan fingerprint density at radius 3 is 1.44 bits per heavy atom. The standard InChI is InChI=1S/C21H36O3Si.C16H26O3Si/c1-20(2,3)25(22,21(4,5)6)18-12-10-17(11-13-18)14-16-24-19-9-7-8-15-23-19;1-15(2,3)20(19,16(4,5)6)13-9-7-12(8-10-13)11-14(17)18/h10-13,19,22H,7-9,14-16H2,1-6H3;7-10,19H,11H2,1-6H3,(H,17,18). The lowest BCUT2D eigenvalue weighted by Gasteiger charge is -2.47. The zero-order valence-corrected chi connectivity index (χ0v) is 32.2. The van der Waals surface area contributed by atoms with Crippen LogP contribution in [-0.4, -0.2) is 56.8 Å². The molecule has 0 spiro atoms. The van der Waals surface area contributed by atoms with Gasteiger partial charge in [-0.1, -0.05) is 132 Å². The molecular weight excluding hydrogens is 597 g/mol. The van der Waals surface area contributed by atoms with E-state index in [4.69, 9.17) is 14.6 Å². The Morgan fingerprint density at radius 2 is 1.11 bits per heavy atom. The van der Waals surface area contributed by atoms with Gasteiger partial charge in [0.2, 0.25) is 16.6 Å². The zero-order valence-electron chi connectivity index (χ0n) is 30.2. The molecule has 1 aliphatic rings. The van der Waals surface area contributed by atoms with Crippen LogP contribution in [0.3, 0.4) is 0 Å². The maximum atomic E-state index is 11.7. The first kappa shape index (κ1) is 39.4. The van der Waals surface area contributed by atoms with Crippen LogP contribution in [-0.2, 0) is 27.1 Å². The number of hydrogen-bond acceptors (Lipinski definition) is 5. The fourth-order valence-corrected chi connectivity index (χ4v) is 16.3. The minimum absolute atomic E-state index is 0.0191. The maximum absolute atomic E-state index is 11.7. The van der Waals surface area contributed by atoms with Gasteiger partial charge in [0.15, 0.2) is 6.29 Å². The summed E-state index contributed by atoms with van der Waals surface area (Å²) in [5, 5.41) is 10.3. The molecule has 6 nitrogen and oxygen atoms in total. The maximum Gasteiger partial charge on any atom is 0.307 e. The summed E-state index contributed by atoms with van der Waals surface area (Å²) in [6.07, 6.45) is 4.23. The second-order valence-corrected chi connectivity index (χ2v) is 26.8. The van der Waals surface area contributed by atoms with Crippen LogP contribution in [0.1, 0.15) is 113 Å². The van der Waals surface area contributed by atoms with Gasteiger partial charge >= 0.3 is 5.97 Å². The second-order valence-electron chi connectivity index (χ2n) is 16.8. The highest BCUT2D eigenvalue weighted by atomic mass is 28.4. The number of benzene rings is 2. The van der Waals surface area contributed by atoms with Crippen molar-refractivity contribution in [3.8, 4) is 0 Å². The zero-order chi connectivity index (χ0) is 34.5. The first-order valence-electron chi connectivity index (χ1n) is 16.5. The van der Waals surface area contributed by atoms with Gasteiger partial charge in [-0.3, -0.25) is 4.79 Å². The molecule has 45 heavy (non-hydrogen) atoms. The van der Waals surface area contributed by atoms with E-state index in [0.29, 0.717) is 6.61 Å². The summed E-state index contributed by atoms with van der Waals surface area (Å²) in [4.78, 5) is 33.9. The van der Waals surface area contributed by atoms with Crippen molar-refractivity contribution in [1.29, 1.82) is 0 Å². The molecule has 1 fully saturated rings. The molecule has 254 valence electrons. The van der Waals surface area contributed by atoms with Crippen LogP contribution in [0.2, 0.25) is 20.2 Å². The molecule has 0 bridgehead atoms. The van der Waals surface area contributed by atoms with E-state index in [1.807, 2.05) is 24.3 Å². The molecular formula is C37H62O6Si2. The van der Waals surface area contributed by atoms with Gasteiger partial charge in [-0.2, -0.15) is 0 Å². The van der Waals surface area contributed by atoms with Gasteiger partial charge in [-0.15, -0.1) is 0 Å². The quantitative estimate of drug-likeness (QED) is 0.253. The van der Waals surface area contributed by atoms with Crippen molar-refractivity contribution < 1.29 is 29.0 Å². The molecule has 1 atom stereocenters. The first-order valence-corrected chi connectivity index (χ1v) is 20.4. The molecule has 0 aliphatic carbocycles. The third-order valence-electron chi connectivity index (χ3n) is 9.27. The lowest BCUT2D eigenvalue weighted by molar-refractivity contribution is -0.161. The van der Waals surface area contributed by atoms with Gasteiger partial charge in [0.05, 0.1) is 13.0 Å². The van der Waals surface area contributed by atoms with Crippen molar-refractivity contribution in [2.75, 3.05) is 13.2 Å². The molecule has 1 saturated heterocycles. The number of carboxylic acids is 1. The Morgan fingerprint density at radius 1 is 0.711 bits per heavy atom. The largest absolute Gasteiger partial charge is 0.481 e. The molecule has 1 heterocycles. The van der Waals surface area contributed by atoms with Crippen molar-refractivity contribution in [2.24, 2.45) is 0 Å². The summed E-state index contributed by atoms with van der Waals surface area (Å²) in [6.45, 7) is 27.0. The SMILES string of the molecule is CC(C)(C)[Si](O)(c1ccc(CC(=O)O)cc1)C(C)(C)C.CC(C)(C)[Si](O)(c1ccc(CCOC2CCCCO2)cc1)C(C)(C)C. The number of aliphatic carboxylic acids is 1. The fourth-order valence-electron chi connectivity index (χ4n) is 7.08. The van der Waals surface area contributed by atoms with Gasteiger partial charge < -0.3 is 24.2 Å². The summed E-state index contributed by atoms with van der Waals surface area (Å²) < 4.78 is 11.4. The molecule has 1 unspecified atom stereocenters. The van der Waals surface area contributed by atoms with Gasteiger partial charge in [0.25, 0.3) is 0 Å². The molecule has 0 saturated carbocycles. The average molecular weight is 659 g/mol. The molecule has 1 aliphatic heterocycles. The van der Waals surface area contributed by atoms with E-state index < -0.39 is 22.6 Å². The third-order valence-corrected chi connectivity index (χ3v) is 20.3. The van der Waals surface area contributed by atoms with Gasteiger partial charge in [-0.05, 0) is 67.3 Å². The fraction of sp³-hybridized carbons (Fsp3) is 0.649. The molecule has 0 radical (unpaired) electrons. The van der Waals surface area contributed by atoms with E-state index in [9.17, 15) is 14.4 Å². The smallest absolute Gasteiger partial charge is 0.307 e. The van der Waals surface area contributed by atoms with Crippen LogP contribution in [0.5, 0.6) is 0 Å². The number of ether oxygens (including phenoxy) is 2. The molecule has 2 aromatic rings. The Kier molecular flexibility index (Phi) is 13.1. The molecule has 3 N–H and O–H groups in total. The average Bonchev–Trinajstić information content (AvgIpc) is 2.91. The third kappa shape index (κ3) is 9.61. The van der Waals surface area contributed by atoms with E-state index in [2.05, 4.69) is 107 Å². The van der Waals surface area contributed by atoms with Crippen molar-refractivity contribution >= 4 is 33.0 Å². The van der Waals surface area contributed by atoms with E-state index >= 15 is 0 Å². The Labute approximate surface area is 275 Å². The van der Waals surface area contributed by atoms with Gasteiger partial charge in [-0.25, -0.2) is 0 Å². The predicted molar refractivity (Wildman–Crippen MR) is 192 cm³/mol. The Bertz CT molecular complexity index is 1180. The van der Waals surface area contributed by atoms with E-state index in [1.54, 1.807) is 0 Å². The van der Waals surface area contributed by atoms with Gasteiger partial charge in [0, 0.05) is 6.61 Å². The number of carbonyl (C=O) groups is 1. The van der Waals surface area contributed by atoms with Crippen molar-refractivity contribution in [2.45, 2.75) is 142 Å². The van der Waals surface area contributed by atoms with Crippen LogP contribution in [0.15, 0.2) is 48.5 Å². The Balaban J connectivity index is 0.000000322. The molecule has 0 aromatic heterocycles. The number of carboxylic acid groups (broad SMARTS) is 1. The topological polar surface area (TPSA) is 96.2 Å². The van der Waals surface area contributed by atoms with E-state index in [1.165, 1.54) is 12.0 Å². The molecule has 2 aromatic carbocycles. The highest BCUT2D eigenvalue weighted by Crippen LogP contribution is 2.49. The minimum Gasteiger partial charge on any atom is -0.481 e. The molecule has 0 amide bonds. The molecule has 3 rings (SSSR count). The van der Waals surface area contributed by atoms with E-state index in [0.717, 1.165) is 41.8 Å². The predicted octanol–water partition coefficient (Wildman–Crippen LogP) is 7.58. The summed E-state index contributed by atoms with van der Waals surface area (Å²) in [7, 11) is -5.40. The highest BCUT2D eigenvalue weighted by molar-refractivity contribution is 6.90. The molecule has 8 heteroatoms. The van der Waals surface area contributed by atoms with Crippen LogP contribution in [0.25, 0.3) is 0 Å². The number of rotatable bonds is 8. The van der Waals surface area contributed by atoms with Gasteiger partial charge in [0.1, 0.15) is 0 Å². The summed E-state index contributed by atoms with van der Waals surface area (Å²) in [6, 6.07) is 16.0.